The van der Waals surface area contributed by atoms with Gasteiger partial charge in [-0.1, -0.05) is 18.2 Å². The molecule has 2 aromatic heterocycles. The van der Waals surface area contributed by atoms with Gasteiger partial charge in [0.2, 0.25) is 17.8 Å². The van der Waals surface area contributed by atoms with Gasteiger partial charge in [-0.05, 0) is 30.9 Å². The van der Waals surface area contributed by atoms with E-state index in [0.717, 1.165) is 42.4 Å². The Labute approximate surface area is 176 Å². The summed E-state index contributed by atoms with van der Waals surface area (Å²) < 4.78 is 2.05. The normalized spacial score (nSPS) is 14.2. The van der Waals surface area contributed by atoms with Gasteiger partial charge >= 0.3 is 0 Å². The number of aryl methyl sites for hydroxylation is 1. The van der Waals surface area contributed by atoms with Crippen LogP contribution in [0.2, 0.25) is 0 Å². The molecule has 1 N–H and O–H groups in total. The molecular weight excluding hydrogens is 378 g/mol. The molecule has 30 heavy (non-hydrogen) atoms. The number of piperidine rings is 1. The highest BCUT2D eigenvalue weighted by atomic mass is 16.1. The molecule has 0 spiro atoms. The minimum Gasteiger partial charge on any atom is -0.350 e. The van der Waals surface area contributed by atoms with Crippen LogP contribution >= 0.6 is 0 Å². The monoisotopic (exact) mass is 407 g/mol. The first-order valence-electron chi connectivity index (χ1n) is 10.5. The third-order valence-corrected chi connectivity index (χ3v) is 5.47. The van der Waals surface area contributed by atoms with E-state index in [9.17, 15) is 4.79 Å². The van der Waals surface area contributed by atoms with Crippen LogP contribution in [0.25, 0.3) is 10.9 Å². The molecule has 1 aliphatic heterocycles. The second-order valence-corrected chi connectivity index (χ2v) is 8.03. The highest BCUT2D eigenvalue weighted by molar-refractivity contribution is 5.89. The minimum absolute atomic E-state index is 0.0438. The Morgan fingerprint density at radius 3 is 2.63 bits per heavy atom. The molecule has 1 aromatic carbocycles. The molecule has 0 bridgehead atoms. The number of aromatic nitrogens is 4. The molecule has 0 radical (unpaired) electrons. The second-order valence-electron chi connectivity index (χ2n) is 8.03. The zero-order valence-electron chi connectivity index (χ0n) is 17.9. The Hall–Kier alpha value is -3.16. The molecule has 3 heterocycles. The van der Waals surface area contributed by atoms with E-state index in [1.54, 1.807) is 0 Å². The maximum Gasteiger partial charge on any atom is 0.230 e. The van der Waals surface area contributed by atoms with Crippen molar-refractivity contribution >= 4 is 28.7 Å². The van der Waals surface area contributed by atoms with Crippen molar-refractivity contribution in [3.05, 3.63) is 41.9 Å². The van der Waals surface area contributed by atoms with E-state index in [0.29, 0.717) is 24.1 Å². The van der Waals surface area contributed by atoms with E-state index in [-0.39, 0.29) is 12.5 Å². The number of para-hydroxylation sites is 1. The third kappa shape index (κ3) is 4.37. The van der Waals surface area contributed by atoms with Gasteiger partial charge in [0.05, 0.1) is 13.0 Å². The number of nitrogens with one attached hydrogen (secondary N) is 1. The maximum absolute atomic E-state index is 12.6. The van der Waals surface area contributed by atoms with Crippen LogP contribution < -0.4 is 15.1 Å². The lowest BCUT2D eigenvalue weighted by Gasteiger charge is -2.27. The molecule has 8 nitrogen and oxygen atoms in total. The van der Waals surface area contributed by atoms with E-state index >= 15 is 0 Å². The average molecular weight is 408 g/mol. The molecule has 1 aliphatic rings. The van der Waals surface area contributed by atoms with Gasteiger partial charge in [0, 0.05) is 51.3 Å². The first kappa shape index (κ1) is 20.1. The molecule has 4 rings (SSSR count). The summed E-state index contributed by atoms with van der Waals surface area (Å²) in [7, 11) is 5.83. The molecule has 0 aliphatic carbocycles. The number of fused-ring (bicyclic) bond motifs is 1. The van der Waals surface area contributed by atoms with E-state index in [4.69, 9.17) is 0 Å². The Morgan fingerprint density at radius 2 is 1.87 bits per heavy atom. The maximum atomic E-state index is 12.6. The number of benzene rings is 1. The largest absolute Gasteiger partial charge is 0.350 e. The SMILES string of the molecule is CN(C)c1nc(CNC(=O)Cc2cn(C)c3ccccc23)nc(N2CCCCC2)n1. The number of hydrogen-bond donors (Lipinski definition) is 1. The minimum atomic E-state index is -0.0438. The molecule has 0 unspecified atom stereocenters. The van der Waals surface area contributed by atoms with Gasteiger partial charge in [-0.15, -0.1) is 0 Å². The van der Waals surface area contributed by atoms with Gasteiger partial charge in [-0.25, -0.2) is 0 Å². The van der Waals surface area contributed by atoms with Crippen LogP contribution in [-0.4, -0.2) is 52.6 Å². The summed E-state index contributed by atoms with van der Waals surface area (Å²) in [5, 5.41) is 4.09. The van der Waals surface area contributed by atoms with Crippen LogP contribution in [0.1, 0.15) is 30.7 Å². The van der Waals surface area contributed by atoms with Crippen molar-refractivity contribution in [1.82, 2.24) is 24.8 Å². The Balaban J connectivity index is 1.46. The smallest absolute Gasteiger partial charge is 0.230 e. The average Bonchev–Trinajstić information content (AvgIpc) is 3.08. The molecule has 0 atom stereocenters. The molecule has 1 saturated heterocycles. The Bertz CT molecular complexity index is 1040. The third-order valence-electron chi connectivity index (χ3n) is 5.47. The van der Waals surface area contributed by atoms with Crippen molar-refractivity contribution in [3.63, 3.8) is 0 Å². The van der Waals surface area contributed by atoms with Gasteiger partial charge in [0.25, 0.3) is 0 Å². The van der Waals surface area contributed by atoms with Crippen molar-refractivity contribution in [1.29, 1.82) is 0 Å². The van der Waals surface area contributed by atoms with E-state index in [1.165, 1.54) is 6.42 Å². The van der Waals surface area contributed by atoms with Crippen LogP contribution in [0.5, 0.6) is 0 Å². The Morgan fingerprint density at radius 1 is 1.10 bits per heavy atom. The van der Waals surface area contributed by atoms with E-state index in [2.05, 4.69) is 41.9 Å². The summed E-state index contributed by atoms with van der Waals surface area (Å²) in [4.78, 5) is 30.5. The summed E-state index contributed by atoms with van der Waals surface area (Å²) >= 11 is 0. The van der Waals surface area contributed by atoms with Crippen LogP contribution in [0, 0.1) is 0 Å². The van der Waals surface area contributed by atoms with Crippen molar-refractivity contribution in [3.8, 4) is 0 Å². The first-order chi connectivity index (χ1) is 14.5. The molecule has 1 fully saturated rings. The topological polar surface area (TPSA) is 79.2 Å². The van der Waals surface area contributed by atoms with Crippen LogP contribution in [0.4, 0.5) is 11.9 Å². The van der Waals surface area contributed by atoms with Crippen molar-refractivity contribution in [2.45, 2.75) is 32.2 Å². The number of carbonyl (C=O) groups excluding carboxylic acids is 1. The Kier molecular flexibility index (Phi) is 5.83. The van der Waals surface area contributed by atoms with Crippen molar-refractivity contribution in [2.24, 2.45) is 7.05 Å². The van der Waals surface area contributed by atoms with Crippen molar-refractivity contribution < 1.29 is 4.79 Å². The second kappa shape index (κ2) is 8.69. The van der Waals surface area contributed by atoms with E-state index < -0.39 is 0 Å². The number of carbonyl (C=O) groups is 1. The lowest BCUT2D eigenvalue weighted by Crippen LogP contribution is -2.33. The number of nitrogens with zero attached hydrogens (tertiary/aromatic N) is 6. The lowest BCUT2D eigenvalue weighted by atomic mass is 10.1. The lowest BCUT2D eigenvalue weighted by molar-refractivity contribution is -0.120. The molecule has 0 saturated carbocycles. The first-order valence-corrected chi connectivity index (χ1v) is 10.5. The van der Waals surface area contributed by atoms with Gasteiger partial charge in [0.15, 0.2) is 5.82 Å². The highest BCUT2D eigenvalue weighted by Crippen LogP contribution is 2.21. The predicted octanol–water partition coefficient (Wildman–Crippen LogP) is 2.28. The van der Waals surface area contributed by atoms with Crippen LogP contribution in [0.3, 0.4) is 0 Å². The standard InChI is InChI=1S/C22H29N7O/c1-27(2)21-24-19(25-22(26-21)29-11-7-4-8-12-29)14-23-20(30)13-16-15-28(3)18-10-6-5-9-17(16)18/h5-6,9-10,15H,4,7-8,11-14H2,1-3H3,(H,23,30). The van der Waals surface area contributed by atoms with Crippen molar-refractivity contribution in [2.75, 3.05) is 37.0 Å². The molecule has 158 valence electrons. The summed E-state index contributed by atoms with van der Waals surface area (Å²) in [6, 6.07) is 8.12. The summed E-state index contributed by atoms with van der Waals surface area (Å²) in [6.45, 7) is 2.21. The number of anilines is 2. The summed E-state index contributed by atoms with van der Waals surface area (Å²) in [5.41, 5.74) is 2.14. The zero-order valence-corrected chi connectivity index (χ0v) is 17.9. The highest BCUT2D eigenvalue weighted by Gasteiger charge is 2.17. The van der Waals surface area contributed by atoms with E-state index in [1.807, 2.05) is 44.4 Å². The summed E-state index contributed by atoms with van der Waals surface area (Å²) in [5.74, 6) is 1.86. The molecule has 3 aromatic rings. The molecule has 1 amide bonds. The molecular formula is C22H29N7O. The quantitative estimate of drug-likeness (QED) is 0.675. The number of amides is 1. The van der Waals surface area contributed by atoms with Gasteiger partial charge in [-0.2, -0.15) is 15.0 Å². The van der Waals surface area contributed by atoms with Gasteiger partial charge < -0.3 is 19.7 Å². The van der Waals surface area contributed by atoms with Gasteiger partial charge in [0.1, 0.15) is 0 Å². The fourth-order valence-corrected chi connectivity index (χ4v) is 3.89. The number of hydrogen-bond acceptors (Lipinski definition) is 6. The van der Waals surface area contributed by atoms with Gasteiger partial charge in [-0.3, -0.25) is 4.79 Å². The fourth-order valence-electron chi connectivity index (χ4n) is 3.89. The summed E-state index contributed by atoms with van der Waals surface area (Å²) in [6.07, 6.45) is 5.90. The fraction of sp³-hybridized carbons (Fsp3) is 0.455. The zero-order chi connectivity index (χ0) is 21.1. The van der Waals surface area contributed by atoms with Crippen LogP contribution in [-0.2, 0) is 24.8 Å². The predicted molar refractivity (Wildman–Crippen MR) is 119 cm³/mol. The van der Waals surface area contributed by atoms with Crippen LogP contribution in [0.15, 0.2) is 30.5 Å². The number of rotatable bonds is 6. The molecule has 8 heteroatoms.